The topological polar surface area (TPSA) is 124 Å². The first-order valence-corrected chi connectivity index (χ1v) is 8.27. The van der Waals surface area contributed by atoms with Crippen LogP contribution >= 0.6 is 0 Å². The summed E-state index contributed by atoms with van der Waals surface area (Å²) < 4.78 is 4.72. The van der Waals surface area contributed by atoms with Gasteiger partial charge in [0.1, 0.15) is 6.61 Å². The van der Waals surface area contributed by atoms with Gasteiger partial charge in [-0.1, -0.05) is 0 Å². The van der Waals surface area contributed by atoms with E-state index in [1.165, 1.54) is 6.92 Å². The number of aliphatic hydroxyl groups is 1. The largest absolute Gasteiger partial charge is 0.481 e. The first-order valence-electron chi connectivity index (χ1n) is 8.27. The maximum absolute atomic E-state index is 11.0. The summed E-state index contributed by atoms with van der Waals surface area (Å²) in [7, 11) is 0. The quantitative estimate of drug-likeness (QED) is 0.654. The van der Waals surface area contributed by atoms with Gasteiger partial charge in [0.15, 0.2) is 0 Å². The number of rotatable bonds is 5. The fourth-order valence-electron chi connectivity index (χ4n) is 2.30. The van der Waals surface area contributed by atoms with E-state index in [0.29, 0.717) is 32.5 Å². The molecular formula is C16H28N2O7. The molecule has 2 saturated heterocycles. The van der Waals surface area contributed by atoms with Crippen molar-refractivity contribution in [3.05, 3.63) is 0 Å². The van der Waals surface area contributed by atoms with Crippen LogP contribution in [0.5, 0.6) is 0 Å². The van der Waals surface area contributed by atoms with Gasteiger partial charge in [0.05, 0.1) is 13.2 Å². The maximum atomic E-state index is 11.0. The van der Waals surface area contributed by atoms with Crippen molar-refractivity contribution < 1.29 is 34.1 Å². The Labute approximate surface area is 147 Å². The lowest BCUT2D eigenvalue weighted by Crippen LogP contribution is -2.28. The number of aliphatic carboxylic acids is 1. The summed E-state index contributed by atoms with van der Waals surface area (Å²) in [5, 5.41) is 15.9. The van der Waals surface area contributed by atoms with Gasteiger partial charge in [-0.05, 0) is 12.8 Å². The van der Waals surface area contributed by atoms with E-state index in [4.69, 9.17) is 19.7 Å². The number of aliphatic hydroxyl groups excluding tert-OH is 1. The average molecular weight is 360 g/mol. The molecule has 0 aliphatic carbocycles. The average Bonchev–Trinajstić information content (AvgIpc) is 3.09. The van der Waals surface area contributed by atoms with Crippen molar-refractivity contribution in [1.29, 1.82) is 0 Å². The monoisotopic (exact) mass is 360 g/mol. The molecule has 2 rings (SSSR count). The molecule has 0 atom stereocenters. The van der Waals surface area contributed by atoms with Gasteiger partial charge in [0, 0.05) is 46.3 Å². The lowest BCUT2D eigenvalue weighted by molar-refractivity contribution is -0.142. The summed E-state index contributed by atoms with van der Waals surface area (Å²) in [6, 6.07) is 0. The lowest BCUT2D eigenvalue weighted by Gasteiger charge is -2.14. The Kier molecular flexibility index (Phi) is 12.0. The van der Waals surface area contributed by atoms with Crippen LogP contribution in [0.2, 0.25) is 0 Å². The van der Waals surface area contributed by atoms with Gasteiger partial charge in [-0.15, -0.1) is 0 Å². The minimum atomic E-state index is -0.833. The molecule has 0 spiro atoms. The molecular weight excluding hydrogens is 332 g/mol. The number of carbonyl (C=O) groups is 4. The first-order chi connectivity index (χ1) is 11.8. The Morgan fingerprint density at radius 3 is 1.76 bits per heavy atom. The molecule has 2 aliphatic rings. The number of ether oxygens (including phenoxy) is 1. The standard InChI is InChI=1S/C8H13NO3.C6H11NO2.C2H4O2/c1-7(10)12-6-5-9-4-2-3-8(9)11;8-5-4-7-3-1-2-6(7)9;1-2(3)4/h2-6H2,1H3;8H,1-5H2;1H3,(H,3,4). The molecule has 2 amide bonds. The molecule has 9 heteroatoms. The smallest absolute Gasteiger partial charge is 0.302 e. The fourth-order valence-corrected chi connectivity index (χ4v) is 2.30. The maximum Gasteiger partial charge on any atom is 0.302 e. The number of carbonyl (C=O) groups excluding carboxylic acids is 3. The fraction of sp³-hybridized carbons (Fsp3) is 0.750. The van der Waals surface area contributed by atoms with Crippen molar-refractivity contribution in [2.75, 3.05) is 39.4 Å². The van der Waals surface area contributed by atoms with Crippen molar-refractivity contribution in [2.45, 2.75) is 39.5 Å². The molecule has 0 aromatic heterocycles. The number of nitrogens with zero attached hydrogens (tertiary/aromatic N) is 2. The molecule has 0 radical (unpaired) electrons. The number of likely N-dealkylation sites (tertiary alicyclic amines) is 2. The van der Waals surface area contributed by atoms with Crippen LogP contribution in [0.1, 0.15) is 39.5 Å². The molecule has 0 aromatic carbocycles. The number of β-amino-alcohol motifs (C(OH)–C–C–N with tert-alkyl or cyclic N) is 1. The van der Waals surface area contributed by atoms with Crippen molar-refractivity contribution >= 4 is 23.8 Å². The van der Waals surface area contributed by atoms with E-state index in [2.05, 4.69) is 0 Å². The van der Waals surface area contributed by atoms with Crippen molar-refractivity contribution in [2.24, 2.45) is 0 Å². The van der Waals surface area contributed by atoms with Gasteiger partial charge < -0.3 is 24.7 Å². The van der Waals surface area contributed by atoms with Gasteiger partial charge in [-0.2, -0.15) is 0 Å². The molecule has 0 unspecified atom stereocenters. The van der Waals surface area contributed by atoms with Gasteiger partial charge in [-0.3, -0.25) is 19.2 Å². The minimum absolute atomic E-state index is 0.0890. The lowest BCUT2D eigenvalue weighted by atomic mass is 10.4. The van der Waals surface area contributed by atoms with Crippen LogP contribution in [0.15, 0.2) is 0 Å². The van der Waals surface area contributed by atoms with Crippen LogP contribution in [0.25, 0.3) is 0 Å². The second kappa shape index (κ2) is 13.2. The van der Waals surface area contributed by atoms with E-state index >= 15 is 0 Å². The molecule has 0 aromatic rings. The molecule has 9 nitrogen and oxygen atoms in total. The Bertz CT molecular complexity index is 450. The van der Waals surface area contributed by atoms with Crippen LogP contribution in [-0.4, -0.2) is 83.2 Å². The molecule has 2 N–H and O–H groups in total. The molecule has 2 fully saturated rings. The van der Waals surface area contributed by atoms with Gasteiger partial charge in [0.2, 0.25) is 11.8 Å². The summed E-state index contributed by atoms with van der Waals surface area (Å²) in [6.45, 7) is 5.55. The van der Waals surface area contributed by atoms with E-state index in [0.717, 1.165) is 32.9 Å². The van der Waals surface area contributed by atoms with E-state index < -0.39 is 5.97 Å². The number of carboxylic acid groups (broad SMARTS) is 1. The third-order valence-electron chi connectivity index (χ3n) is 3.38. The highest BCUT2D eigenvalue weighted by Gasteiger charge is 2.19. The molecule has 2 aliphatic heterocycles. The summed E-state index contributed by atoms with van der Waals surface area (Å²) in [6.07, 6.45) is 3.19. The van der Waals surface area contributed by atoms with Crippen LogP contribution in [0, 0.1) is 0 Å². The predicted molar refractivity (Wildman–Crippen MR) is 88.7 cm³/mol. The SMILES string of the molecule is CC(=O)O.CC(=O)OCCN1CCCC1=O.O=C1CCCN1CCO. The number of amides is 2. The molecule has 25 heavy (non-hydrogen) atoms. The number of hydrogen-bond donors (Lipinski definition) is 2. The molecule has 0 saturated carbocycles. The zero-order valence-electron chi connectivity index (χ0n) is 14.9. The Morgan fingerprint density at radius 1 is 1.00 bits per heavy atom. The summed E-state index contributed by atoms with van der Waals surface area (Å²) in [5.41, 5.74) is 0. The first kappa shape index (κ1) is 22.8. The van der Waals surface area contributed by atoms with Crippen LogP contribution in [0.3, 0.4) is 0 Å². The van der Waals surface area contributed by atoms with Gasteiger partial charge in [0.25, 0.3) is 5.97 Å². The highest BCUT2D eigenvalue weighted by molar-refractivity contribution is 5.78. The van der Waals surface area contributed by atoms with Gasteiger partial charge >= 0.3 is 5.97 Å². The second-order valence-electron chi connectivity index (χ2n) is 5.55. The Hall–Kier alpha value is -2.16. The van der Waals surface area contributed by atoms with Crippen molar-refractivity contribution in [3.8, 4) is 0 Å². The predicted octanol–water partition coefficient (Wildman–Crippen LogP) is -0.136. The summed E-state index contributed by atoms with van der Waals surface area (Å²) in [5.74, 6) is -0.771. The van der Waals surface area contributed by atoms with E-state index in [1.807, 2.05) is 0 Å². The van der Waals surface area contributed by atoms with Crippen molar-refractivity contribution in [3.63, 3.8) is 0 Å². The third kappa shape index (κ3) is 11.9. The van der Waals surface area contributed by atoms with Crippen LogP contribution in [0.4, 0.5) is 0 Å². The zero-order chi connectivity index (χ0) is 19.2. The number of carboxylic acids is 1. The van der Waals surface area contributed by atoms with Gasteiger partial charge in [-0.25, -0.2) is 0 Å². The summed E-state index contributed by atoms with van der Waals surface area (Å²) >= 11 is 0. The van der Waals surface area contributed by atoms with Crippen LogP contribution in [-0.2, 0) is 23.9 Å². The third-order valence-corrected chi connectivity index (χ3v) is 3.38. The Morgan fingerprint density at radius 2 is 1.44 bits per heavy atom. The highest BCUT2D eigenvalue weighted by Crippen LogP contribution is 2.08. The number of hydrogen-bond acceptors (Lipinski definition) is 6. The molecule has 144 valence electrons. The molecule has 2 heterocycles. The van der Waals surface area contributed by atoms with E-state index in [1.54, 1.807) is 9.80 Å². The van der Waals surface area contributed by atoms with E-state index in [-0.39, 0.29) is 24.4 Å². The molecule has 0 bridgehead atoms. The minimum Gasteiger partial charge on any atom is -0.481 e. The van der Waals surface area contributed by atoms with Crippen LogP contribution < -0.4 is 0 Å². The number of esters is 1. The van der Waals surface area contributed by atoms with E-state index in [9.17, 15) is 14.4 Å². The highest BCUT2D eigenvalue weighted by atomic mass is 16.5. The normalized spacial score (nSPS) is 16.0. The second-order valence-corrected chi connectivity index (χ2v) is 5.55. The Balaban J connectivity index is 0.000000391. The van der Waals surface area contributed by atoms with Crippen molar-refractivity contribution in [1.82, 2.24) is 9.80 Å². The zero-order valence-corrected chi connectivity index (χ0v) is 14.9. The summed E-state index contributed by atoms with van der Waals surface area (Å²) in [4.78, 5) is 44.6.